The number of aliphatic hydroxyl groups is 1. The molecule has 0 aliphatic heterocycles. The average molecular weight is 315 g/mol. The Morgan fingerprint density at radius 3 is 2.30 bits per heavy atom. The molecule has 1 aromatic carbocycles. The van der Waals surface area contributed by atoms with Gasteiger partial charge in [0.25, 0.3) is 5.91 Å². The smallest absolute Gasteiger partial charge is 0.251 e. The van der Waals surface area contributed by atoms with Crippen LogP contribution in [0.5, 0.6) is 5.75 Å². The molecule has 0 fully saturated rings. The van der Waals surface area contributed by atoms with Crippen molar-refractivity contribution < 1.29 is 24.0 Å². The van der Waals surface area contributed by atoms with Gasteiger partial charge in [-0.05, 0) is 24.3 Å². The lowest BCUT2D eigenvalue weighted by molar-refractivity contribution is -0.683. The molecule has 0 radical (unpaired) electrons. The molecule has 6 heteroatoms. The zero-order valence-corrected chi connectivity index (χ0v) is 12.9. The molecule has 2 N–H and O–H groups in total. The fourth-order valence-corrected chi connectivity index (χ4v) is 2.02. The second kappa shape index (κ2) is 8.05. The van der Waals surface area contributed by atoms with E-state index in [0.29, 0.717) is 16.9 Å². The van der Waals surface area contributed by atoms with Gasteiger partial charge < -0.3 is 15.2 Å². The Hall–Kier alpha value is -2.73. The predicted octanol–water partition coefficient (Wildman–Crippen LogP) is 0.588. The third kappa shape index (κ3) is 4.62. The third-order valence-electron chi connectivity index (χ3n) is 3.29. The fourth-order valence-electron chi connectivity index (χ4n) is 2.02. The number of ether oxygens (including phenoxy) is 1. The summed E-state index contributed by atoms with van der Waals surface area (Å²) in [5, 5.41) is 11.3. The van der Waals surface area contributed by atoms with Crippen LogP contribution in [0.4, 0.5) is 0 Å². The van der Waals surface area contributed by atoms with Gasteiger partial charge in [0.2, 0.25) is 12.3 Å². The van der Waals surface area contributed by atoms with Crippen molar-refractivity contribution in [1.29, 1.82) is 0 Å². The van der Waals surface area contributed by atoms with E-state index in [1.165, 1.54) is 0 Å². The second-order valence-corrected chi connectivity index (χ2v) is 4.89. The molecule has 0 saturated heterocycles. The number of ketones is 1. The molecule has 0 saturated carbocycles. The number of aliphatic hydroxyl groups excluding tert-OH is 1. The molecule has 2 aromatic rings. The topological polar surface area (TPSA) is 79.5 Å². The van der Waals surface area contributed by atoms with Crippen molar-refractivity contribution in [2.75, 3.05) is 20.3 Å². The molecule has 6 nitrogen and oxygen atoms in total. The van der Waals surface area contributed by atoms with Gasteiger partial charge in [-0.25, -0.2) is 0 Å². The second-order valence-electron chi connectivity index (χ2n) is 4.89. The van der Waals surface area contributed by atoms with Crippen LogP contribution in [0.25, 0.3) is 0 Å². The highest BCUT2D eigenvalue weighted by molar-refractivity contribution is 5.95. The zero-order chi connectivity index (χ0) is 16.7. The van der Waals surface area contributed by atoms with Crippen LogP contribution in [0, 0.1) is 0 Å². The van der Waals surface area contributed by atoms with Crippen molar-refractivity contribution in [1.82, 2.24) is 5.32 Å². The Balaban J connectivity index is 1.99. The van der Waals surface area contributed by atoms with E-state index in [4.69, 9.17) is 9.84 Å². The van der Waals surface area contributed by atoms with Crippen molar-refractivity contribution in [3.8, 4) is 5.75 Å². The number of hydrogen-bond acceptors (Lipinski definition) is 4. The number of rotatable bonds is 7. The third-order valence-corrected chi connectivity index (χ3v) is 3.29. The molecule has 2 rings (SSSR count). The number of aromatic nitrogens is 1. The van der Waals surface area contributed by atoms with Gasteiger partial charge >= 0.3 is 0 Å². The molecular weight excluding hydrogens is 296 g/mol. The standard InChI is InChI=1S/C17H18N2O4/c1-23-15-4-2-13(3-5-15)16(21)12-19-9-6-14(7-10-19)17(22)18-8-11-20/h2-7,9-10,20H,8,11-12H2,1H3/p+1. The minimum absolute atomic E-state index is 0.0323. The number of nitrogens with one attached hydrogen (secondary N) is 1. The van der Waals surface area contributed by atoms with Crippen molar-refractivity contribution in [3.63, 3.8) is 0 Å². The van der Waals surface area contributed by atoms with E-state index in [0.717, 1.165) is 0 Å². The number of pyridine rings is 1. The first kappa shape index (κ1) is 16.6. The molecular formula is C17H19N2O4+. The predicted molar refractivity (Wildman–Crippen MR) is 83.4 cm³/mol. The minimum Gasteiger partial charge on any atom is -0.497 e. The number of methoxy groups -OCH3 is 1. The highest BCUT2D eigenvalue weighted by Gasteiger charge is 2.13. The first-order valence-electron chi connectivity index (χ1n) is 7.19. The minimum atomic E-state index is -0.257. The van der Waals surface area contributed by atoms with Gasteiger partial charge in [-0.15, -0.1) is 0 Å². The molecule has 23 heavy (non-hydrogen) atoms. The maximum atomic E-state index is 12.2. The van der Waals surface area contributed by atoms with Crippen LogP contribution < -0.4 is 14.6 Å². The normalized spacial score (nSPS) is 10.2. The summed E-state index contributed by atoms with van der Waals surface area (Å²) in [5.41, 5.74) is 1.08. The van der Waals surface area contributed by atoms with Crippen molar-refractivity contribution in [2.45, 2.75) is 6.54 Å². The van der Waals surface area contributed by atoms with E-state index in [2.05, 4.69) is 5.32 Å². The quantitative estimate of drug-likeness (QED) is 0.579. The number of Topliss-reactive ketones (excluding diaryl/α,β-unsaturated/α-hetero) is 1. The summed E-state index contributed by atoms with van der Waals surface area (Å²) >= 11 is 0. The molecule has 0 spiro atoms. The van der Waals surface area contributed by atoms with Gasteiger partial charge in [0, 0.05) is 24.2 Å². The number of benzene rings is 1. The average Bonchev–Trinajstić information content (AvgIpc) is 2.60. The Morgan fingerprint density at radius 1 is 1.09 bits per heavy atom. The maximum Gasteiger partial charge on any atom is 0.251 e. The highest BCUT2D eigenvalue weighted by atomic mass is 16.5. The molecule has 1 heterocycles. The summed E-state index contributed by atoms with van der Waals surface area (Å²) in [6.07, 6.45) is 3.35. The summed E-state index contributed by atoms with van der Waals surface area (Å²) in [6, 6.07) is 10.2. The summed E-state index contributed by atoms with van der Waals surface area (Å²) in [4.78, 5) is 23.9. The number of carbonyl (C=O) groups excluding carboxylic acids is 2. The number of carbonyl (C=O) groups is 2. The Kier molecular flexibility index (Phi) is 5.82. The number of amides is 1. The summed E-state index contributed by atoms with van der Waals surface area (Å²) in [7, 11) is 1.57. The maximum absolute atomic E-state index is 12.2. The SMILES string of the molecule is COc1ccc(C(=O)C[n+]2ccc(C(=O)NCCO)cc2)cc1. The van der Waals surface area contributed by atoms with E-state index in [9.17, 15) is 9.59 Å². The monoisotopic (exact) mass is 315 g/mol. The first-order valence-corrected chi connectivity index (χ1v) is 7.19. The van der Waals surface area contributed by atoms with Crippen LogP contribution in [0.1, 0.15) is 20.7 Å². The molecule has 1 aromatic heterocycles. The zero-order valence-electron chi connectivity index (χ0n) is 12.9. The van der Waals surface area contributed by atoms with Crippen molar-refractivity contribution >= 4 is 11.7 Å². The van der Waals surface area contributed by atoms with Gasteiger partial charge in [-0.1, -0.05) is 0 Å². The van der Waals surface area contributed by atoms with E-state index in [-0.39, 0.29) is 31.4 Å². The van der Waals surface area contributed by atoms with E-state index < -0.39 is 0 Å². The van der Waals surface area contributed by atoms with Crippen LogP contribution in [0.3, 0.4) is 0 Å². The van der Waals surface area contributed by atoms with Crippen molar-refractivity contribution in [3.05, 3.63) is 59.9 Å². The van der Waals surface area contributed by atoms with E-state index >= 15 is 0 Å². The molecule has 0 unspecified atom stereocenters. The summed E-state index contributed by atoms with van der Waals surface area (Å²) < 4.78 is 6.76. The Morgan fingerprint density at radius 2 is 1.74 bits per heavy atom. The van der Waals surface area contributed by atoms with E-state index in [1.54, 1.807) is 60.5 Å². The molecule has 0 aliphatic carbocycles. The van der Waals surface area contributed by atoms with Gasteiger partial charge in [-0.3, -0.25) is 9.59 Å². The number of hydrogen-bond donors (Lipinski definition) is 2. The highest BCUT2D eigenvalue weighted by Crippen LogP contribution is 2.11. The Bertz CT molecular complexity index is 666. The van der Waals surface area contributed by atoms with Gasteiger partial charge in [0.05, 0.1) is 19.3 Å². The Labute approximate surface area is 134 Å². The van der Waals surface area contributed by atoms with Crippen LogP contribution in [-0.4, -0.2) is 37.1 Å². The van der Waals surface area contributed by atoms with Gasteiger partial charge in [0.15, 0.2) is 12.4 Å². The van der Waals surface area contributed by atoms with Crippen LogP contribution in [0.15, 0.2) is 48.8 Å². The van der Waals surface area contributed by atoms with Crippen LogP contribution in [-0.2, 0) is 6.54 Å². The molecule has 0 atom stereocenters. The number of nitrogens with zero attached hydrogens (tertiary/aromatic N) is 1. The summed E-state index contributed by atoms with van der Waals surface area (Å²) in [6.45, 7) is 0.295. The van der Waals surface area contributed by atoms with Crippen molar-refractivity contribution in [2.24, 2.45) is 0 Å². The molecule has 1 amide bonds. The lowest BCUT2D eigenvalue weighted by atomic mass is 10.1. The largest absolute Gasteiger partial charge is 0.497 e. The lowest BCUT2D eigenvalue weighted by Crippen LogP contribution is -2.37. The first-order chi connectivity index (χ1) is 11.1. The van der Waals surface area contributed by atoms with Gasteiger partial charge in [0.1, 0.15) is 5.75 Å². The molecule has 0 aliphatic rings. The van der Waals surface area contributed by atoms with Gasteiger partial charge in [-0.2, -0.15) is 4.57 Å². The lowest BCUT2D eigenvalue weighted by Gasteiger charge is -2.03. The van der Waals surface area contributed by atoms with Crippen LogP contribution in [0.2, 0.25) is 0 Å². The fraction of sp³-hybridized carbons (Fsp3) is 0.235. The van der Waals surface area contributed by atoms with E-state index in [1.807, 2.05) is 0 Å². The summed E-state index contributed by atoms with van der Waals surface area (Å²) in [5.74, 6) is 0.412. The molecule has 0 bridgehead atoms. The van der Waals surface area contributed by atoms with Crippen LogP contribution >= 0.6 is 0 Å². The molecule has 120 valence electrons.